The summed E-state index contributed by atoms with van der Waals surface area (Å²) in [5.41, 5.74) is 1.98. The first-order valence-corrected chi connectivity index (χ1v) is 6.00. The predicted molar refractivity (Wildman–Crippen MR) is 74.5 cm³/mol. The van der Waals surface area contributed by atoms with Crippen LogP contribution in [-0.4, -0.2) is 11.2 Å². The zero-order valence-electron chi connectivity index (χ0n) is 11.1. The lowest BCUT2D eigenvalue weighted by Crippen LogP contribution is -1.95. The number of carbonyl (C=O) groups excluding carboxylic acids is 1. The Labute approximate surface area is 116 Å². The van der Waals surface area contributed by atoms with Gasteiger partial charge in [-0.05, 0) is 49.2 Å². The Hall–Kier alpha value is -2.69. The third kappa shape index (κ3) is 2.83. The highest BCUT2D eigenvalue weighted by atomic mass is 16.6. The summed E-state index contributed by atoms with van der Waals surface area (Å²) < 4.78 is 5.60. The number of ether oxygens (including phenoxy) is 1. The molecular weight excluding hydrogens is 258 g/mol. The van der Waals surface area contributed by atoms with Crippen LogP contribution in [0.25, 0.3) is 0 Å². The number of hydrogen-bond acceptors (Lipinski definition) is 4. The van der Waals surface area contributed by atoms with Crippen molar-refractivity contribution in [2.24, 2.45) is 0 Å². The molecule has 5 heteroatoms. The van der Waals surface area contributed by atoms with Gasteiger partial charge in [-0.3, -0.25) is 14.9 Å². The van der Waals surface area contributed by atoms with Crippen LogP contribution in [-0.2, 0) is 0 Å². The number of hydrogen-bond donors (Lipinski definition) is 0. The van der Waals surface area contributed by atoms with E-state index >= 15 is 0 Å². The van der Waals surface area contributed by atoms with Gasteiger partial charge in [-0.2, -0.15) is 0 Å². The van der Waals surface area contributed by atoms with Crippen LogP contribution in [0.2, 0.25) is 0 Å². The maximum absolute atomic E-state index is 11.0. The highest BCUT2D eigenvalue weighted by Gasteiger charge is 2.16. The lowest BCUT2D eigenvalue weighted by molar-refractivity contribution is -0.385. The molecule has 0 heterocycles. The summed E-state index contributed by atoms with van der Waals surface area (Å²) in [6, 6.07) is 9.68. The molecule has 0 saturated carbocycles. The molecule has 0 aromatic heterocycles. The molecule has 2 rings (SSSR count). The Morgan fingerprint density at radius 3 is 2.40 bits per heavy atom. The minimum absolute atomic E-state index is 0.0798. The largest absolute Gasteiger partial charge is 0.450 e. The molecule has 0 spiro atoms. The molecule has 2 aromatic carbocycles. The van der Waals surface area contributed by atoms with Gasteiger partial charge in [-0.25, -0.2) is 0 Å². The number of aldehydes is 1. The van der Waals surface area contributed by atoms with E-state index in [0.29, 0.717) is 11.3 Å². The van der Waals surface area contributed by atoms with Crippen molar-refractivity contribution < 1.29 is 14.5 Å². The van der Waals surface area contributed by atoms with Crippen LogP contribution < -0.4 is 4.74 Å². The first-order chi connectivity index (χ1) is 9.51. The second-order valence-corrected chi connectivity index (χ2v) is 4.47. The Kier molecular flexibility index (Phi) is 3.79. The van der Waals surface area contributed by atoms with E-state index in [2.05, 4.69) is 0 Å². The summed E-state index contributed by atoms with van der Waals surface area (Å²) in [5.74, 6) is 0.671. The van der Waals surface area contributed by atoms with Crippen LogP contribution in [0.1, 0.15) is 21.5 Å². The van der Waals surface area contributed by atoms with Gasteiger partial charge in [-0.15, -0.1) is 0 Å². The number of nitro benzene ring substituents is 1. The second kappa shape index (κ2) is 5.52. The second-order valence-electron chi connectivity index (χ2n) is 4.47. The summed E-state index contributed by atoms with van der Waals surface area (Å²) in [4.78, 5) is 21.2. The Bertz CT molecular complexity index is 680. The number of benzene rings is 2. The quantitative estimate of drug-likeness (QED) is 0.481. The van der Waals surface area contributed by atoms with Crippen LogP contribution in [0.15, 0.2) is 36.4 Å². The molecule has 102 valence electrons. The zero-order chi connectivity index (χ0) is 14.7. The number of carbonyl (C=O) groups is 1. The third-order valence-electron chi connectivity index (χ3n) is 2.87. The van der Waals surface area contributed by atoms with Crippen LogP contribution in [0.4, 0.5) is 5.69 Å². The van der Waals surface area contributed by atoms with Crippen molar-refractivity contribution in [2.45, 2.75) is 13.8 Å². The SMILES string of the molecule is Cc1ccc(Oc2ccc(C=O)cc2C)c([N+](=O)[O-])c1. The molecule has 0 N–H and O–H groups in total. The van der Waals surface area contributed by atoms with Crippen LogP contribution >= 0.6 is 0 Å². The van der Waals surface area contributed by atoms with E-state index in [4.69, 9.17) is 4.74 Å². The van der Waals surface area contributed by atoms with E-state index in [1.807, 2.05) is 0 Å². The fourth-order valence-corrected chi connectivity index (χ4v) is 1.84. The lowest BCUT2D eigenvalue weighted by Gasteiger charge is -2.09. The molecule has 0 bridgehead atoms. The number of nitrogens with zero attached hydrogens (tertiary/aromatic N) is 1. The van der Waals surface area contributed by atoms with Gasteiger partial charge in [0, 0.05) is 11.6 Å². The molecule has 5 nitrogen and oxygen atoms in total. The van der Waals surface area contributed by atoms with Crippen molar-refractivity contribution in [3.63, 3.8) is 0 Å². The van der Waals surface area contributed by atoms with Crippen LogP contribution in [0.3, 0.4) is 0 Å². The number of aryl methyl sites for hydroxylation is 2. The van der Waals surface area contributed by atoms with E-state index in [-0.39, 0.29) is 11.4 Å². The third-order valence-corrected chi connectivity index (χ3v) is 2.87. The molecule has 0 atom stereocenters. The lowest BCUT2D eigenvalue weighted by atomic mass is 10.1. The van der Waals surface area contributed by atoms with Crippen LogP contribution in [0, 0.1) is 24.0 Å². The van der Waals surface area contributed by atoms with Gasteiger partial charge >= 0.3 is 5.69 Å². The average Bonchev–Trinajstić information content (AvgIpc) is 2.42. The van der Waals surface area contributed by atoms with Gasteiger partial charge in [-0.1, -0.05) is 6.07 Å². The van der Waals surface area contributed by atoms with Crippen molar-refractivity contribution in [3.8, 4) is 11.5 Å². The highest BCUT2D eigenvalue weighted by molar-refractivity contribution is 5.75. The first kappa shape index (κ1) is 13.7. The van der Waals surface area contributed by atoms with Gasteiger partial charge in [0.15, 0.2) is 0 Å². The van der Waals surface area contributed by atoms with Crippen LogP contribution in [0.5, 0.6) is 11.5 Å². The minimum atomic E-state index is -0.475. The monoisotopic (exact) mass is 271 g/mol. The van der Waals surface area contributed by atoms with E-state index in [1.54, 1.807) is 44.2 Å². The first-order valence-electron chi connectivity index (χ1n) is 6.00. The van der Waals surface area contributed by atoms with Gasteiger partial charge < -0.3 is 4.74 Å². The molecule has 2 aromatic rings. The highest BCUT2D eigenvalue weighted by Crippen LogP contribution is 2.33. The summed E-state index contributed by atoms with van der Waals surface area (Å²) >= 11 is 0. The maximum Gasteiger partial charge on any atom is 0.311 e. The van der Waals surface area contributed by atoms with Gasteiger partial charge in [0.1, 0.15) is 12.0 Å². The molecule has 0 fully saturated rings. The summed E-state index contributed by atoms with van der Waals surface area (Å²) in [6.45, 7) is 3.56. The minimum Gasteiger partial charge on any atom is -0.450 e. The van der Waals surface area contributed by atoms with E-state index in [9.17, 15) is 14.9 Å². The van der Waals surface area contributed by atoms with Crippen molar-refractivity contribution in [1.29, 1.82) is 0 Å². The van der Waals surface area contributed by atoms with Gasteiger partial charge in [0.05, 0.1) is 4.92 Å². The summed E-state index contributed by atoms with van der Waals surface area (Å²) in [5, 5.41) is 11.0. The zero-order valence-corrected chi connectivity index (χ0v) is 11.1. The molecule has 0 radical (unpaired) electrons. The summed E-state index contributed by atoms with van der Waals surface area (Å²) in [7, 11) is 0. The molecule has 0 aliphatic rings. The molecule has 20 heavy (non-hydrogen) atoms. The van der Waals surface area contributed by atoms with Crippen molar-refractivity contribution in [3.05, 3.63) is 63.2 Å². The standard InChI is InChI=1S/C15H13NO4/c1-10-3-5-15(13(7-10)16(18)19)20-14-6-4-12(9-17)8-11(14)2/h3-9H,1-2H3. The van der Waals surface area contributed by atoms with E-state index < -0.39 is 4.92 Å². The fourth-order valence-electron chi connectivity index (χ4n) is 1.84. The average molecular weight is 271 g/mol. The molecule has 0 aliphatic heterocycles. The van der Waals surface area contributed by atoms with Crippen molar-refractivity contribution in [1.82, 2.24) is 0 Å². The fraction of sp³-hybridized carbons (Fsp3) is 0.133. The Balaban J connectivity index is 2.39. The Morgan fingerprint density at radius 1 is 1.10 bits per heavy atom. The molecule has 0 amide bonds. The molecule has 0 unspecified atom stereocenters. The smallest absolute Gasteiger partial charge is 0.311 e. The number of nitro groups is 1. The van der Waals surface area contributed by atoms with Crippen molar-refractivity contribution >= 4 is 12.0 Å². The van der Waals surface area contributed by atoms with E-state index in [1.165, 1.54) is 6.07 Å². The van der Waals surface area contributed by atoms with Gasteiger partial charge in [0.2, 0.25) is 5.75 Å². The normalized spacial score (nSPS) is 10.1. The van der Waals surface area contributed by atoms with E-state index in [0.717, 1.165) is 17.4 Å². The topological polar surface area (TPSA) is 69.4 Å². The van der Waals surface area contributed by atoms with Gasteiger partial charge in [0.25, 0.3) is 0 Å². The predicted octanol–water partition coefficient (Wildman–Crippen LogP) is 3.82. The molecule has 0 saturated heterocycles. The van der Waals surface area contributed by atoms with Crippen molar-refractivity contribution in [2.75, 3.05) is 0 Å². The maximum atomic E-state index is 11.0. The molecule has 0 aliphatic carbocycles. The molecular formula is C15H13NO4. The Morgan fingerprint density at radius 2 is 1.80 bits per heavy atom. The number of rotatable bonds is 4. The summed E-state index contributed by atoms with van der Waals surface area (Å²) in [6.07, 6.45) is 0.741.